The van der Waals surface area contributed by atoms with Crippen LogP contribution in [0.2, 0.25) is 0 Å². The highest BCUT2D eigenvalue weighted by atomic mass is 19.1. The van der Waals surface area contributed by atoms with Crippen LogP contribution in [0.15, 0.2) is 18.2 Å². The summed E-state index contributed by atoms with van der Waals surface area (Å²) in [4.78, 5) is 2.30. The molecule has 0 bridgehead atoms. The third-order valence-corrected chi connectivity index (χ3v) is 4.26. The van der Waals surface area contributed by atoms with Crippen molar-refractivity contribution in [1.82, 2.24) is 4.90 Å². The van der Waals surface area contributed by atoms with Gasteiger partial charge < -0.3 is 5.73 Å². The summed E-state index contributed by atoms with van der Waals surface area (Å²) in [5.74, 6) is 5.45. The minimum absolute atomic E-state index is 0.167. The largest absolute Gasteiger partial charge is 0.320 e. The van der Waals surface area contributed by atoms with Gasteiger partial charge in [0.25, 0.3) is 0 Å². The average molecular weight is 288 g/mol. The minimum Gasteiger partial charge on any atom is -0.320 e. The van der Waals surface area contributed by atoms with Crippen molar-refractivity contribution in [2.24, 2.45) is 5.73 Å². The second-order valence-corrected chi connectivity index (χ2v) is 5.87. The molecule has 0 aliphatic heterocycles. The average Bonchev–Trinajstić information content (AvgIpc) is 2.76. The van der Waals surface area contributed by atoms with Gasteiger partial charge in [0, 0.05) is 23.7 Å². The zero-order valence-electron chi connectivity index (χ0n) is 12.9. The standard InChI is InChI=1S/C18H25FN2/c1-21(17-8-4-2-3-5-9-17)14-16-11-10-15(7-6-12-20)13-18(16)19/h10-11,13,17H,2-5,8-9,12,14,20H2,1H3. The van der Waals surface area contributed by atoms with Gasteiger partial charge in [-0.1, -0.05) is 43.6 Å². The molecule has 1 aliphatic rings. The lowest BCUT2D eigenvalue weighted by atomic mass is 10.1. The first kappa shape index (κ1) is 16.0. The van der Waals surface area contributed by atoms with E-state index in [0.717, 1.165) is 5.56 Å². The summed E-state index contributed by atoms with van der Waals surface area (Å²) in [7, 11) is 2.11. The Labute approximate surface area is 127 Å². The van der Waals surface area contributed by atoms with E-state index in [4.69, 9.17) is 5.73 Å². The van der Waals surface area contributed by atoms with Crippen LogP contribution in [-0.2, 0) is 6.54 Å². The predicted molar refractivity (Wildman–Crippen MR) is 85.3 cm³/mol. The fraction of sp³-hybridized carbons (Fsp3) is 0.556. The molecule has 0 radical (unpaired) electrons. The molecule has 0 heterocycles. The SMILES string of the molecule is CN(Cc1ccc(C#CCN)cc1F)C1CCCCCC1. The van der Waals surface area contributed by atoms with Crippen molar-refractivity contribution in [3.8, 4) is 11.8 Å². The van der Waals surface area contributed by atoms with Gasteiger partial charge in [0.05, 0.1) is 6.54 Å². The number of benzene rings is 1. The number of nitrogens with zero attached hydrogens (tertiary/aromatic N) is 1. The van der Waals surface area contributed by atoms with E-state index in [1.807, 2.05) is 12.1 Å². The topological polar surface area (TPSA) is 29.3 Å². The first-order valence-corrected chi connectivity index (χ1v) is 7.88. The van der Waals surface area contributed by atoms with Crippen LogP contribution in [0.1, 0.15) is 49.7 Å². The molecular weight excluding hydrogens is 263 g/mol. The molecule has 0 amide bonds. The van der Waals surface area contributed by atoms with Gasteiger partial charge >= 0.3 is 0 Å². The van der Waals surface area contributed by atoms with Crippen LogP contribution in [-0.4, -0.2) is 24.5 Å². The van der Waals surface area contributed by atoms with Gasteiger partial charge in [-0.15, -0.1) is 0 Å². The van der Waals surface area contributed by atoms with Crippen LogP contribution in [0.5, 0.6) is 0 Å². The quantitative estimate of drug-likeness (QED) is 0.683. The van der Waals surface area contributed by atoms with E-state index in [1.54, 1.807) is 0 Å². The fourth-order valence-corrected chi connectivity index (χ4v) is 3.00. The van der Waals surface area contributed by atoms with E-state index in [2.05, 4.69) is 23.8 Å². The number of rotatable bonds is 3. The Morgan fingerprint density at radius 1 is 1.24 bits per heavy atom. The molecular formula is C18H25FN2. The summed E-state index contributed by atoms with van der Waals surface area (Å²) >= 11 is 0. The van der Waals surface area contributed by atoms with E-state index >= 15 is 0 Å². The van der Waals surface area contributed by atoms with E-state index in [9.17, 15) is 4.39 Å². The second-order valence-electron chi connectivity index (χ2n) is 5.87. The molecule has 1 aromatic rings. The number of hydrogen-bond donors (Lipinski definition) is 1. The molecule has 2 nitrogen and oxygen atoms in total. The van der Waals surface area contributed by atoms with Crippen molar-refractivity contribution < 1.29 is 4.39 Å². The van der Waals surface area contributed by atoms with Gasteiger partial charge in [-0.3, -0.25) is 4.90 Å². The summed E-state index contributed by atoms with van der Waals surface area (Å²) in [5, 5.41) is 0. The molecule has 1 aliphatic carbocycles. The Hall–Kier alpha value is -1.37. The molecule has 0 unspecified atom stereocenters. The van der Waals surface area contributed by atoms with Crippen LogP contribution >= 0.6 is 0 Å². The van der Waals surface area contributed by atoms with Crippen molar-refractivity contribution in [1.29, 1.82) is 0 Å². The number of halogens is 1. The maximum atomic E-state index is 14.2. The van der Waals surface area contributed by atoms with E-state index in [0.29, 0.717) is 24.7 Å². The Kier molecular flexibility index (Phi) is 6.22. The van der Waals surface area contributed by atoms with Crippen LogP contribution in [0.4, 0.5) is 4.39 Å². The fourth-order valence-electron chi connectivity index (χ4n) is 3.00. The summed E-state index contributed by atoms with van der Waals surface area (Å²) in [5.41, 5.74) is 6.77. The van der Waals surface area contributed by atoms with Crippen LogP contribution in [0.3, 0.4) is 0 Å². The van der Waals surface area contributed by atoms with Gasteiger partial charge in [0.2, 0.25) is 0 Å². The molecule has 1 fully saturated rings. The lowest BCUT2D eigenvalue weighted by molar-refractivity contribution is 0.210. The van der Waals surface area contributed by atoms with E-state index in [-0.39, 0.29) is 5.82 Å². The molecule has 0 atom stereocenters. The number of nitrogens with two attached hydrogens (primary N) is 1. The van der Waals surface area contributed by atoms with Gasteiger partial charge in [0.15, 0.2) is 0 Å². The van der Waals surface area contributed by atoms with E-state index in [1.165, 1.54) is 44.6 Å². The maximum absolute atomic E-state index is 14.2. The van der Waals surface area contributed by atoms with Crippen molar-refractivity contribution in [3.05, 3.63) is 35.1 Å². The van der Waals surface area contributed by atoms with Gasteiger partial charge in [-0.25, -0.2) is 4.39 Å². The molecule has 0 saturated heterocycles. The first-order chi connectivity index (χ1) is 10.2. The van der Waals surface area contributed by atoms with Crippen molar-refractivity contribution >= 4 is 0 Å². The van der Waals surface area contributed by atoms with Crippen LogP contribution < -0.4 is 5.73 Å². The molecule has 2 N–H and O–H groups in total. The predicted octanol–water partition coefficient (Wildman–Crippen LogP) is 3.29. The molecule has 114 valence electrons. The van der Waals surface area contributed by atoms with Crippen molar-refractivity contribution in [2.45, 2.75) is 51.1 Å². The van der Waals surface area contributed by atoms with Crippen LogP contribution in [0, 0.1) is 17.7 Å². The van der Waals surface area contributed by atoms with E-state index < -0.39 is 0 Å². The molecule has 3 heteroatoms. The highest BCUT2D eigenvalue weighted by Gasteiger charge is 2.18. The maximum Gasteiger partial charge on any atom is 0.128 e. The highest BCUT2D eigenvalue weighted by Crippen LogP contribution is 2.23. The third-order valence-electron chi connectivity index (χ3n) is 4.26. The highest BCUT2D eigenvalue weighted by molar-refractivity contribution is 5.37. The second kappa shape index (κ2) is 8.17. The Morgan fingerprint density at radius 3 is 2.57 bits per heavy atom. The summed E-state index contributed by atoms with van der Waals surface area (Å²) in [6, 6.07) is 5.83. The third kappa shape index (κ3) is 4.84. The Bertz CT molecular complexity index is 508. The zero-order chi connectivity index (χ0) is 15.1. The summed E-state index contributed by atoms with van der Waals surface area (Å²) in [6.45, 7) is 0.967. The Morgan fingerprint density at radius 2 is 1.95 bits per heavy atom. The lowest BCUT2D eigenvalue weighted by Gasteiger charge is -2.27. The lowest BCUT2D eigenvalue weighted by Crippen LogP contribution is -2.31. The van der Waals surface area contributed by atoms with Gasteiger partial charge in [-0.2, -0.15) is 0 Å². The molecule has 0 spiro atoms. The summed E-state index contributed by atoms with van der Waals surface area (Å²) in [6.07, 6.45) is 7.74. The zero-order valence-corrected chi connectivity index (χ0v) is 12.9. The minimum atomic E-state index is -0.167. The summed E-state index contributed by atoms with van der Waals surface area (Å²) < 4.78 is 14.2. The monoisotopic (exact) mass is 288 g/mol. The Balaban J connectivity index is 2.01. The van der Waals surface area contributed by atoms with Crippen molar-refractivity contribution in [3.63, 3.8) is 0 Å². The van der Waals surface area contributed by atoms with Gasteiger partial charge in [0.1, 0.15) is 5.82 Å². The normalized spacial score (nSPS) is 16.4. The first-order valence-electron chi connectivity index (χ1n) is 7.88. The molecule has 2 rings (SSSR count). The van der Waals surface area contributed by atoms with Crippen LogP contribution in [0.25, 0.3) is 0 Å². The number of hydrogen-bond acceptors (Lipinski definition) is 2. The molecule has 21 heavy (non-hydrogen) atoms. The van der Waals surface area contributed by atoms with Gasteiger partial charge in [-0.05, 0) is 32.0 Å². The smallest absolute Gasteiger partial charge is 0.128 e. The molecule has 0 aromatic heterocycles. The van der Waals surface area contributed by atoms with Crippen molar-refractivity contribution in [2.75, 3.05) is 13.6 Å². The molecule has 1 aromatic carbocycles. The molecule has 1 saturated carbocycles.